The molecule has 2 atom stereocenters. The normalized spacial score (nSPS) is 21.5. The number of carbonyl (C=O) groups excluding carboxylic acids is 2. The summed E-state index contributed by atoms with van der Waals surface area (Å²) < 4.78 is 6.93. The number of nitrogens with zero attached hydrogens (tertiary/aromatic N) is 4. The third-order valence-corrected chi connectivity index (χ3v) is 9.35. The Morgan fingerprint density at radius 3 is 2.15 bits per heavy atom. The van der Waals surface area contributed by atoms with Gasteiger partial charge < -0.3 is 15.1 Å². The van der Waals surface area contributed by atoms with Crippen LogP contribution >= 0.6 is 0 Å². The van der Waals surface area contributed by atoms with Gasteiger partial charge in [-0.15, -0.1) is 0 Å². The Kier molecular flexibility index (Phi) is 7.68. The molecule has 46 heavy (non-hydrogen) atoms. The molecule has 3 heterocycles. The van der Waals surface area contributed by atoms with Crippen molar-refractivity contribution in [2.45, 2.75) is 18.8 Å². The summed E-state index contributed by atoms with van der Waals surface area (Å²) in [5, 5.41) is 10.2. The van der Waals surface area contributed by atoms with Crippen molar-refractivity contribution in [3.05, 3.63) is 123 Å². The first-order valence-corrected chi connectivity index (χ1v) is 15.4. The summed E-state index contributed by atoms with van der Waals surface area (Å²) in [5.74, 6) is -2.01. The molecule has 2 amide bonds. The Morgan fingerprint density at radius 2 is 1.52 bits per heavy atom. The van der Waals surface area contributed by atoms with Gasteiger partial charge in [-0.25, -0.2) is 4.98 Å². The molecule has 10 nitrogen and oxygen atoms in total. The van der Waals surface area contributed by atoms with E-state index in [1.165, 1.54) is 10.6 Å². The van der Waals surface area contributed by atoms with Crippen molar-refractivity contribution in [3.8, 4) is 6.07 Å². The van der Waals surface area contributed by atoms with Crippen LogP contribution in [0.5, 0.6) is 0 Å². The molecule has 2 aromatic heterocycles. The smallest absolute Gasteiger partial charge is 0.265 e. The summed E-state index contributed by atoms with van der Waals surface area (Å²) in [6, 6.07) is 28.8. The van der Waals surface area contributed by atoms with E-state index in [0.29, 0.717) is 48.5 Å². The van der Waals surface area contributed by atoms with Gasteiger partial charge in [0.1, 0.15) is 6.07 Å². The number of rotatable bonds is 6. The average Bonchev–Trinajstić information content (AvgIpc) is 3.47. The third-order valence-electron chi connectivity index (χ3n) is 9.35. The zero-order valence-corrected chi connectivity index (χ0v) is 25.2. The summed E-state index contributed by atoms with van der Waals surface area (Å²) in [7, 11) is 0. The van der Waals surface area contributed by atoms with Gasteiger partial charge in [0.15, 0.2) is 5.65 Å². The fourth-order valence-electron chi connectivity index (χ4n) is 7.10. The maximum absolute atomic E-state index is 14.1. The number of pyridine rings is 1. The Morgan fingerprint density at radius 1 is 0.913 bits per heavy atom. The molecule has 230 valence electrons. The van der Waals surface area contributed by atoms with Gasteiger partial charge in [-0.3, -0.25) is 24.2 Å². The minimum atomic E-state index is -0.566. The van der Waals surface area contributed by atoms with Gasteiger partial charge in [0.25, 0.3) is 5.56 Å². The van der Waals surface area contributed by atoms with Crippen molar-refractivity contribution >= 4 is 34.7 Å². The first kappa shape index (κ1) is 29.2. The van der Waals surface area contributed by atoms with Crippen LogP contribution in [0, 0.1) is 30.1 Å². The number of imidazole rings is 1. The second-order valence-corrected chi connectivity index (χ2v) is 11.7. The Hall–Kier alpha value is -5.53. The molecular weight excluding hydrogens is 580 g/mol. The summed E-state index contributed by atoms with van der Waals surface area (Å²) in [5.41, 5.74) is 9.39. The molecule has 1 saturated heterocycles. The standard InChI is InChI=1S/C36H32N6O4/c1-22-25(20-37)33-39-27-14-8-9-15-28(27)42(33)35(44)26(22)21-38-40-34(43)31-29(23-10-4-2-5-11-23)32(30(31)24-12-6-3-7-13-24)36(45)41-16-18-46-19-17-41/h2-15,21,29-32,38H,16-19H2,1H3,(H,40,43)/b26-21-. The van der Waals surface area contributed by atoms with Crippen LogP contribution in [0.2, 0.25) is 0 Å². The van der Waals surface area contributed by atoms with E-state index in [1.54, 1.807) is 19.1 Å². The van der Waals surface area contributed by atoms with Crippen LogP contribution in [0.1, 0.15) is 34.1 Å². The molecule has 2 aliphatic rings. The van der Waals surface area contributed by atoms with Gasteiger partial charge >= 0.3 is 0 Å². The van der Waals surface area contributed by atoms with Crippen molar-refractivity contribution in [1.82, 2.24) is 25.1 Å². The van der Waals surface area contributed by atoms with Gasteiger partial charge in [0, 0.05) is 31.1 Å². The minimum Gasteiger partial charge on any atom is -0.378 e. The number of hydrazine groups is 1. The molecule has 10 heteroatoms. The lowest BCUT2D eigenvalue weighted by molar-refractivity contribution is -0.151. The van der Waals surface area contributed by atoms with Crippen molar-refractivity contribution < 1.29 is 14.3 Å². The predicted molar refractivity (Wildman–Crippen MR) is 172 cm³/mol. The van der Waals surface area contributed by atoms with E-state index in [0.717, 1.165) is 11.1 Å². The first-order valence-electron chi connectivity index (χ1n) is 15.4. The number of nitriles is 1. The number of morpholine rings is 1. The van der Waals surface area contributed by atoms with Crippen molar-refractivity contribution in [3.63, 3.8) is 0 Å². The molecule has 2 N–H and O–H groups in total. The van der Waals surface area contributed by atoms with Crippen LogP contribution in [-0.2, 0) is 14.3 Å². The summed E-state index contributed by atoms with van der Waals surface area (Å²) in [6.45, 7) is 3.71. The highest BCUT2D eigenvalue weighted by Gasteiger charge is 2.58. The SMILES string of the molecule is Cc1c(C#N)c2nc3ccccc3n2c(=O)/c1=C\NNC(=O)C1C(c2ccccc2)C(C(=O)N2CCOCC2)C1c1ccccc1. The number of carbonyl (C=O) groups is 2. The molecule has 5 aromatic rings. The van der Waals surface area contributed by atoms with Crippen LogP contribution in [-0.4, -0.2) is 52.4 Å². The number of aromatic nitrogens is 2. The molecule has 1 aliphatic heterocycles. The van der Waals surface area contributed by atoms with Gasteiger partial charge in [-0.05, 0) is 35.7 Å². The van der Waals surface area contributed by atoms with E-state index in [9.17, 15) is 19.6 Å². The number of para-hydroxylation sites is 2. The molecule has 1 saturated carbocycles. The molecule has 7 rings (SSSR count). The van der Waals surface area contributed by atoms with E-state index in [4.69, 9.17) is 4.74 Å². The summed E-state index contributed by atoms with van der Waals surface area (Å²) >= 11 is 0. The summed E-state index contributed by atoms with van der Waals surface area (Å²) in [6.07, 6.45) is 1.43. The maximum Gasteiger partial charge on any atom is 0.265 e. The van der Waals surface area contributed by atoms with Crippen LogP contribution in [0.3, 0.4) is 0 Å². The number of ether oxygens (including phenoxy) is 1. The van der Waals surface area contributed by atoms with E-state index < -0.39 is 11.8 Å². The first-order chi connectivity index (χ1) is 22.5. The second-order valence-electron chi connectivity index (χ2n) is 11.7. The quantitative estimate of drug-likeness (QED) is 0.282. The molecule has 0 radical (unpaired) electrons. The predicted octanol–water partition coefficient (Wildman–Crippen LogP) is 2.78. The lowest BCUT2D eigenvalue weighted by Crippen LogP contribution is -2.59. The zero-order valence-electron chi connectivity index (χ0n) is 25.2. The number of hydrogen-bond donors (Lipinski definition) is 2. The molecule has 2 unspecified atom stereocenters. The van der Waals surface area contributed by atoms with E-state index in [-0.39, 0.29) is 40.0 Å². The Balaban J connectivity index is 1.24. The number of nitrogens with one attached hydrogen (secondary N) is 2. The fraction of sp³-hybridized carbons (Fsp3) is 0.250. The lowest BCUT2D eigenvalue weighted by atomic mass is 9.51. The molecule has 2 fully saturated rings. The van der Waals surface area contributed by atoms with Crippen molar-refractivity contribution in [2.24, 2.45) is 11.8 Å². The topological polar surface area (TPSA) is 129 Å². The van der Waals surface area contributed by atoms with Crippen LogP contribution in [0.4, 0.5) is 0 Å². The molecule has 0 spiro atoms. The van der Waals surface area contributed by atoms with Crippen molar-refractivity contribution in [1.29, 1.82) is 5.26 Å². The van der Waals surface area contributed by atoms with E-state index in [2.05, 4.69) is 21.9 Å². The van der Waals surface area contributed by atoms with Crippen LogP contribution in [0.15, 0.2) is 89.7 Å². The third kappa shape index (κ3) is 4.86. The number of benzene rings is 3. The Labute approximate surface area is 264 Å². The highest BCUT2D eigenvalue weighted by Crippen LogP contribution is 2.58. The zero-order chi connectivity index (χ0) is 31.8. The van der Waals surface area contributed by atoms with Crippen LogP contribution < -0.4 is 21.6 Å². The molecule has 1 aliphatic carbocycles. The van der Waals surface area contributed by atoms with E-state index in [1.807, 2.05) is 77.7 Å². The van der Waals surface area contributed by atoms with Gasteiger partial charge in [0.2, 0.25) is 11.8 Å². The molecule has 3 aromatic carbocycles. The maximum atomic E-state index is 14.1. The van der Waals surface area contributed by atoms with Gasteiger partial charge in [-0.1, -0.05) is 72.8 Å². The fourth-order valence-corrected chi connectivity index (χ4v) is 7.10. The summed E-state index contributed by atoms with van der Waals surface area (Å²) in [4.78, 5) is 48.2. The molecular formula is C36H32N6O4. The largest absolute Gasteiger partial charge is 0.378 e. The van der Waals surface area contributed by atoms with Crippen LogP contribution in [0.25, 0.3) is 22.9 Å². The highest BCUT2D eigenvalue weighted by molar-refractivity contribution is 5.90. The van der Waals surface area contributed by atoms with Gasteiger partial charge in [-0.2, -0.15) is 5.26 Å². The van der Waals surface area contributed by atoms with Gasteiger partial charge in [0.05, 0.1) is 46.9 Å². The average molecular weight is 613 g/mol. The minimum absolute atomic E-state index is 0.0195. The molecule has 0 bridgehead atoms. The van der Waals surface area contributed by atoms with E-state index >= 15 is 0 Å². The highest BCUT2D eigenvalue weighted by atomic mass is 16.5. The van der Waals surface area contributed by atoms with Crippen molar-refractivity contribution in [2.75, 3.05) is 26.3 Å². The second kappa shape index (κ2) is 12.1. The Bertz CT molecular complexity index is 2050. The number of amides is 2. The number of fused-ring (bicyclic) bond motifs is 3. The lowest BCUT2D eigenvalue weighted by Gasteiger charge is -2.52. The number of hydrogen-bond acceptors (Lipinski definition) is 7. The monoisotopic (exact) mass is 612 g/mol.